The van der Waals surface area contributed by atoms with Crippen molar-refractivity contribution in [2.24, 2.45) is 0 Å². The maximum absolute atomic E-state index is 10.8. The second kappa shape index (κ2) is 5.89. The smallest absolute Gasteiger partial charge is 0.143 e. The molecule has 0 rings (SSSR count). The summed E-state index contributed by atoms with van der Waals surface area (Å²) in [5.74, 6) is 0.231. The first-order valence-corrected chi connectivity index (χ1v) is 4.27. The Morgan fingerprint density at radius 3 is 1.75 bits per heavy atom. The van der Waals surface area contributed by atoms with Gasteiger partial charge in [0.2, 0.25) is 0 Å². The Balaban J connectivity index is 3.85. The van der Waals surface area contributed by atoms with E-state index in [2.05, 4.69) is 0 Å². The van der Waals surface area contributed by atoms with Gasteiger partial charge in [-0.25, -0.2) is 0 Å². The van der Waals surface area contributed by atoms with Crippen molar-refractivity contribution in [3.8, 4) is 0 Å². The summed E-state index contributed by atoms with van der Waals surface area (Å²) in [5.41, 5.74) is 0. The molecular weight excluding hydrogens is 154 g/mol. The van der Waals surface area contributed by atoms with Gasteiger partial charge in [-0.2, -0.15) is 0 Å². The number of carbonyl (C=O) groups is 2. The van der Waals surface area contributed by atoms with Crippen molar-refractivity contribution in [2.45, 2.75) is 27.2 Å². The maximum atomic E-state index is 10.8. The predicted molar refractivity (Wildman–Crippen MR) is 48.1 cm³/mol. The largest absolute Gasteiger partial charge is 0.299 e. The number of nitrogens with zero attached hydrogens (tertiary/aromatic N) is 1. The van der Waals surface area contributed by atoms with Crippen LogP contribution >= 0.6 is 0 Å². The van der Waals surface area contributed by atoms with Gasteiger partial charge in [0.05, 0.1) is 13.1 Å². The van der Waals surface area contributed by atoms with Crippen LogP contribution in [0.25, 0.3) is 0 Å². The van der Waals surface area contributed by atoms with E-state index < -0.39 is 0 Å². The van der Waals surface area contributed by atoms with Crippen molar-refractivity contribution in [2.75, 3.05) is 19.6 Å². The monoisotopic (exact) mass is 171 g/mol. The maximum Gasteiger partial charge on any atom is 0.143 e. The molecule has 0 atom stereocenters. The number of hydrogen-bond acceptors (Lipinski definition) is 3. The van der Waals surface area contributed by atoms with Crippen LogP contribution in [0.3, 0.4) is 0 Å². The summed E-state index contributed by atoms with van der Waals surface area (Å²) in [5, 5.41) is 0. The first kappa shape index (κ1) is 11.3. The van der Waals surface area contributed by atoms with Gasteiger partial charge in [-0.1, -0.05) is 6.92 Å². The molecule has 0 aromatic rings. The molecule has 0 saturated carbocycles. The topological polar surface area (TPSA) is 37.4 Å². The molecule has 0 unspecified atom stereocenters. The van der Waals surface area contributed by atoms with Crippen LogP contribution in [0.5, 0.6) is 0 Å². The van der Waals surface area contributed by atoms with Crippen LogP contribution in [0, 0.1) is 0 Å². The Morgan fingerprint density at radius 2 is 1.50 bits per heavy atom. The van der Waals surface area contributed by atoms with Gasteiger partial charge in [0.25, 0.3) is 0 Å². The lowest BCUT2D eigenvalue weighted by Crippen LogP contribution is -2.33. The second-order valence-electron chi connectivity index (χ2n) is 3.11. The van der Waals surface area contributed by atoms with E-state index in [4.69, 9.17) is 0 Å². The van der Waals surface area contributed by atoms with E-state index in [1.54, 1.807) is 13.8 Å². The van der Waals surface area contributed by atoms with Crippen LogP contribution in [-0.4, -0.2) is 36.1 Å². The molecule has 0 spiro atoms. The van der Waals surface area contributed by atoms with E-state index in [-0.39, 0.29) is 11.6 Å². The second-order valence-corrected chi connectivity index (χ2v) is 3.11. The molecule has 0 aromatic heterocycles. The Morgan fingerprint density at radius 1 is 1.08 bits per heavy atom. The highest BCUT2D eigenvalue weighted by Crippen LogP contribution is 1.91. The van der Waals surface area contributed by atoms with Crippen molar-refractivity contribution < 1.29 is 9.59 Å². The minimum Gasteiger partial charge on any atom is -0.299 e. The molecule has 0 fully saturated rings. The number of rotatable bonds is 6. The average Bonchev–Trinajstić information content (AvgIpc) is 1.84. The van der Waals surface area contributed by atoms with E-state index in [1.807, 2.05) is 11.8 Å². The zero-order valence-corrected chi connectivity index (χ0v) is 8.09. The molecule has 0 bridgehead atoms. The van der Waals surface area contributed by atoms with Gasteiger partial charge in [-0.15, -0.1) is 0 Å². The van der Waals surface area contributed by atoms with Crippen molar-refractivity contribution >= 4 is 11.6 Å². The summed E-state index contributed by atoms with van der Waals surface area (Å²) in [7, 11) is 0. The third-order valence-electron chi connectivity index (χ3n) is 1.43. The number of hydrogen-bond donors (Lipinski definition) is 0. The minimum atomic E-state index is 0.115. The molecule has 0 saturated heterocycles. The Hall–Kier alpha value is -0.700. The summed E-state index contributed by atoms with van der Waals surface area (Å²) >= 11 is 0. The van der Waals surface area contributed by atoms with Crippen molar-refractivity contribution in [3.63, 3.8) is 0 Å². The highest BCUT2D eigenvalue weighted by Gasteiger charge is 2.07. The molecule has 0 aliphatic heterocycles. The highest BCUT2D eigenvalue weighted by atomic mass is 16.1. The normalized spacial score (nSPS) is 10.3. The predicted octanol–water partition coefficient (Wildman–Crippen LogP) is 0.876. The van der Waals surface area contributed by atoms with E-state index in [0.29, 0.717) is 13.1 Å². The van der Waals surface area contributed by atoms with E-state index in [1.165, 1.54) is 0 Å². The molecule has 0 heterocycles. The van der Waals surface area contributed by atoms with Crippen molar-refractivity contribution in [1.29, 1.82) is 0 Å². The molecule has 70 valence electrons. The lowest BCUT2D eigenvalue weighted by atomic mass is 10.3. The van der Waals surface area contributed by atoms with Crippen LogP contribution in [0.2, 0.25) is 0 Å². The lowest BCUT2D eigenvalue weighted by molar-refractivity contribution is -0.120. The molecule has 0 N–H and O–H groups in total. The molecule has 0 amide bonds. The molecule has 12 heavy (non-hydrogen) atoms. The van der Waals surface area contributed by atoms with Crippen LogP contribution in [-0.2, 0) is 9.59 Å². The Labute approximate surface area is 73.7 Å². The number of ketones is 2. The van der Waals surface area contributed by atoms with Crippen LogP contribution in [0.15, 0.2) is 0 Å². The summed E-state index contributed by atoms with van der Waals surface area (Å²) in [6, 6.07) is 0. The number of carbonyl (C=O) groups excluding carboxylic acids is 2. The number of Topliss-reactive ketones (excluding diaryl/α,β-unsaturated/α-hetero) is 2. The van der Waals surface area contributed by atoms with Crippen molar-refractivity contribution in [1.82, 2.24) is 4.90 Å². The summed E-state index contributed by atoms with van der Waals surface area (Å²) in [6.07, 6.45) is 0.973. The van der Waals surface area contributed by atoms with Gasteiger partial charge in [0.1, 0.15) is 11.6 Å². The summed E-state index contributed by atoms with van der Waals surface area (Å²) in [6.45, 7) is 6.73. The van der Waals surface area contributed by atoms with Crippen LogP contribution in [0.4, 0.5) is 0 Å². The van der Waals surface area contributed by atoms with E-state index >= 15 is 0 Å². The molecule has 0 aromatic carbocycles. The van der Waals surface area contributed by atoms with E-state index in [9.17, 15) is 9.59 Å². The third-order valence-corrected chi connectivity index (χ3v) is 1.43. The van der Waals surface area contributed by atoms with E-state index in [0.717, 1.165) is 13.0 Å². The fourth-order valence-corrected chi connectivity index (χ4v) is 1.16. The fourth-order valence-electron chi connectivity index (χ4n) is 1.16. The SMILES string of the molecule is CCCN(CC(C)=O)CC(C)=O. The van der Waals surface area contributed by atoms with Gasteiger partial charge in [-0.3, -0.25) is 14.5 Å². The zero-order chi connectivity index (χ0) is 9.56. The van der Waals surface area contributed by atoms with Gasteiger partial charge in [0.15, 0.2) is 0 Å². The molecule has 3 nitrogen and oxygen atoms in total. The summed E-state index contributed by atoms with van der Waals surface area (Å²) < 4.78 is 0. The molecular formula is C9H17NO2. The first-order valence-electron chi connectivity index (χ1n) is 4.27. The highest BCUT2D eigenvalue weighted by molar-refractivity contribution is 5.80. The third kappa shape index (κ3) is 6.04. The molecule has 0 aliphatic carbocycles. The van der Waals surface area contributed by atoms with Gasteiger partial charge in [-0.05, 0) is 26.8 Å². The van der Waals surface area contributed by atoms with Crippen molar-refractivity contribution in [3.05, 3.63) is 0 Å². The minimum absolute atomic E-state index is 0.115. The zero-order valence-electron chi connectivity index (χ0n) is 8.09. The average molecular weight is 171 g/mol. The van der Waals surface area contributed by atoms with Crippen LogP contribution in [0.1, 0.15) is 27.2 Å². The molecule has 0 aliphatic rings. The Kier molecular flexibility index (Phi) is 5.54. The quantitative estimate of drug-likeness (QED) is 0.595. The molecule has 3 heteroatoms. The standard InChI is InChI=1S/C9H17NO2/c1-4-5-10(6-8(2)11)7-9(3)12/h4-7H2,1-3H3. The summed E-state index contributed by atoms with van der Waals surface area (Å²) in [4.78, 5) is 23.4. The van der Waals surface area contributed by atoms with Gasteiger partial charge in [0, 0.05) is 0 Å². The van der Waals surface area contributed by atoms with Gasteiger partial charge < -0.3 is 0 Å². The first-order chi connectivity index (χ1) is 5.56. The Bertz CT molecular complexity index is 150. The van der Waals surface area contributed by atoms with Gasteiger partial charge >= 0.3 is 0 Å². The molecule has 0 radical (unpaired) electrons. The fraction of sp³-hybridized carbons (Fsp3) is 0.778. The van der Waals surface area contributed by atoms with Crippen LogP contribution < -0.4 is 0 Å². The lowest BCUT2D eigenvalue weighted by Gasteiger charge is -2.17.